The fourth-order valence-corrected chi connectivity index (χ4v) is 3.92. The van der Waals surface area contributed by atoms with Crippen LogP contribution in [0.5, 0.6) is 0 Å². The van der Waals surface area contributed by atoms with Crippen molar-refractivity contribution in [3.63, 3.8) is 0 Å². The highest BCUT2D eigenvalue weighted by Gasteiger charge is 2.19. The zero-order chi connectivity index (χ0) is 21.1. The number of non-ortho nitro benzene ring substituents is 1. The standard InChI is InChI=1S/C23H17N3O3S/c1-15-24-21(18-9-13-20(14-10-18)26(28)29)22(30-15)23(27)25-19-11-7-17(8-12-19)16-5-3-2-4-6-16/h2-14H,1H3,(H,25,27). The number of benzene rings is 3. The fraction of sp³-hybridized carbons (Fsp3) is 0.0435. The largest absolute Gasteiger partial charge is 0.321 e. The molecule has 0 aliphatic heterocycles. The van der Waals surface area contributed by atoms with Crippen LogP contribution in [-0.4, -0.2) is 15.8 Å². The van der Waals surface area contributed by atoms with Gasteiger partial charge in [-0.3, -0.25) is 14.9 Å². The van der Waals surface area contributed by atoms with Crippen molar-refractivity contribution in [2.75, 3.05) is 5.32 Å². The first-order valence-corrected chi connectivity index (χ1v) is 10.0. The highest BCUT2D eigenvalue weighted by molar-refractivity contribution is 7.14. The predicted molar refractivity (Wildman–Crippen MR) is 119 cm³/mol. The summed E-state index contributed by atoms with van der Waals surface area (Å²) in [6.07, 6.45) is 0. The number of anilines is 1. The molecule has 4 aromatic rings. The number of hydrogen-bond donors (Lipinski definition) is 1. The van der Waals surface area contributed by atoms with E-state index in [2.05, 4.69) is 10.3 Å². The van der Waals surface area contributed by atoms with Crippen molar-refractivity contribution in [3.8, 4) is 22.4 Å². The molecule has 30 heavy (non-hydrogen) atoms. The zero-order valence-corrected chi connectivity index (χ0v) is 16.8. The number of nitrogens with zero attached hydrogens (tertiary/aromatic N) is 2. The number of carbonyl (C=O) groups excluding carboxylic acids is 1. The van der Waals surface area contributed by atoms with Gasteiger partial charge in [0.2, 0.25) is 0 Å². The minimum Gasteiger partial charge on any atom is -0.321 e. The molecule has 0 atom stereocenters. The molecule has 0 aliphatic carbocycles. The minimum atomic E-state index is -0.456. The number of nitro groups is 1. The quantitative estimate of drug-likeness (QED) is 0.323. The maximum atomic E-state index is 12.9. The van der Waals surface area contributed by atoms with Gasteiger partial charge in [0.05, 0.1) is 15.6 Å². The van der Waals surface area contributed by atoms with Gasteiger partial charge in [-0.15, -0.1) is 11.3 Å². The lowest BCUT2D eigenvalue weighted by Crippen LogP contribution is -2.11. The minimum absolute atomic E-state index is 0.00444. The van der Waals surface area contributed by atoms with Crippen molar-refractivity contribution >= 4 is 28.6 Å². The van der Waals surface area contributed by atoms with E-state index in [1.54, 1.807) is 12.1 Å². The van der Waals surface area contributed by atoms with Crippen LogP contribution < -0.4 is 5.32 Å². The first-order valence-electron chi connectivity index (χ1n) is 9.20. The van der Waals surface area contributed by atoms with Crippen LogP contribution in [0.3, 0.4) is 0 Å². The monoisotopic (exact) mass is 415 g/mol. The second-order valence-corrected chi connectivity index (χ2v) is 7.82. The second kappa shape index (κ2) is 8.26. The molecule has 0 unspecified atom stereocenters. The van der Waals surface area contributed by atoms with E-state index in [1.165, 1.54) is 23.5 Å². The van der Waals surface area contributed by atoms with E-state index >= 15 is 0 Å². The molecule has 0 saturated heterocycles. The number of aryl methyl sites for hydroxylation is 1. The summed E-state index contributed by atoms with van der Waals surface area (Å²) in [6, 6.07) is 23.7. The van der Waals surface area contributed by atoms with Gasteiger partial charge in [-0.25, -0.2) is 4.98 Å². The van der Waals surface area contributed by atoms with E-state index in [-0.39, 0.29) is 11.6 Å². The Kier molecular flexibility index (Phi) is 5.36. The van der Waals surface area contributed by atoms with Crippen LogP contribution in [0.1, 0.15) is 14.7 Å². The van der Waals surface area contributed by atoms with Crippen molar-refractivity contribution in [1.29, 1.82) is 0 Å². The van der Waals surface area contributed by atoms with Crippen molar-refractivity contribution in [2.45, 2.75) is 6.92 Å². The van der Waals surface area contributed by atoms with Crippen LogP contribution in [0.25, 0.3) is 22.4 Å². The molecule has 1 heterocycles. The molecule has 1 aromatic heterocycles. The Morgan fingerprint density at radius 2 is 1.50 bits per heavy atom. The van der Waals surface area contributed by atoms with Crippen molar-refractivity contribution in [1.82, 2.24) is 4.98 Å². The maximum absolute atomic E-state index is 12.9. The molecule has 0 fully saturated rings. The van der Waals surface area contributed by atoms with E-state index in [4.69, 9.17) is 0 Å². The van der Waals surface area contributed by atoms with Crippen molar-refractivity contribution in [2.24, 2.45) is 0 Å². The summed E-state index contributed by atoms with van der Waals surface area (Å²) in [7, 11) is 0. The Morgan fingerprint density at radius 1 is 0.900 bits per heavy atom. The van der Waals surface area contributed by atoms with E-state index < -0.39 is 4.92 Å². The first-order chi connectivity index (χ1) is 14.5. The Hall–Kier alpha value is -3.84. The molecule has 1 amide bonds. The highest BCUT2D eigenvalue weighted by Crippen LogP contribution is 2.30. The molecule has 0 radical (unpaired) electrons. The average Bonchev–Trinajstić information content (AvgIpc) is 3.17. The zero-order valence-electron chi connectivity index (χ0n) is 16.0. The van der Waals surface area contributed by atoms with Crippen LogP contribution in [0.2, 0.25) is 0 Å². The number of nitrogens with one attached hydrogen (secondary N) is 1. The van der Waals surface area contributed by atoms with Crippen LogP contribution in [-0.2, 0) is 0 Å². The lowest BCUT2D eigenvalue weighted by atomic mass is 10.1. The summed E-state index contributed by atoms with van der Waals surface area (Å²) in [5, 5.41) is 14.5. The van der Waals surface area contributed by atoms with Gasteiger partial charge in [0.1, 0.15) is 4.88 Å². The molecule has 3 aromatic carbocycles. The average molecular weight is 415 g/mol. The van der Waals surface area contributed by atoms with Gasteiger partial charge in [0.25, 0.3) is 11.6 Å². The Bertz CT molecular complexity index is 1200. The van der Waals surface area contributed by atoms with Gasteiger partial charge in [-0.2, -0.15) is 0 Å². The first kappa shape index (κ1) is 19.5. The third-order valence-electron chi connectivity index (χ3n) is 4.54. The smallest absolute Gasteiger partial charge is 0.269 e. The summed E-state index contributed by atoms with van der Waals surface area (Å²) in [6.45, 7) is 1.82. The van der Waals surface area contributed by atoms with Gasteiger partial charge < -0.3 is 5.32 Å². The third-order valence-corrected chi connectivity index (χ3v) is 5.51. The Labute approximate surface area is 177 Å². The van der Waals surface area contributed by atoms with Gasteiger partial charge in [0.15, 0.2) is 0 Å². The van der Waals surface area contributed by atoms with Gasteiger partial charge >= 0.3 is 0 Å². The van der Waals surface area contributed by atoms with Gasteiger partial charge in [0, 0.05) is 23.4 Å². The Morgan fingerprint density at radius 3 is 2.13 bits per heavy atom. The fourth-order valence-electron chi connectivity index (χ4n) is 3.08. The molecule has 0 bridgehead atoms. The SMILES string of the molecule is Cc1nc(-c2ccc([N+](=O)[O-])cc2)c(C(=O)Nc2ccc(-c3ccccc3)cc2)s1. The van der Waals surface area contributed by atoms with Crippen molar-refractivity contribution in [3.05, 3.63) is 98.9 Å². The Balaban J connectivity index is 1.56. The molecule has 4 rings (SSSR count). The van der Waals surface area contributed by atoms with Crippen LogP contribution in [0, 0.1) is 17.0 Å². The molecule has 1 N–H and O–H groups in total. The number of thiazole rings is 1. The third kappa shape index (κ3) is 4.11. The summed E-state index contributed by atoms with van der Waals surface area (Å²) in [5.74, 6) is -0.263. The van der Waals surface area contributed by atoms with E-state index in [0.29, 0.717) is 21.8 Å². The molecule has 7 heteroatoms. The van der Waals surface area contributed by atoms with Crippen LogP contribution in [0.15, 0.2) is 78.9 Å². The number of carbonyl (C=O) groups is 1. The molecule has 0 aliphatic rings. The van der Waals surface area contributed by atoms with Crippen LogP contribution >= 0.6 is 11.3 Å². The number of hydrogen-bond acceptors (Lipinski definition) is 5. The lowest BCUT2D eigenvalue weighted by Gasteiger charge is -2.07. The van der Waals surface area contributed by atoms with E-state index in [1.807, 2.05) is 61.5 Å². The summed E-state index contributed by atoms with van der Waals surface area (Å²) >= 11 is 1.29. The molecule has 6 nitrogen and oxygen atoms in total. The topological polar surface area (TPSA) is 85.1 Å². The molecule has 0 spiro atoms. The second-order valence-electron chi connectivity index (χ2n) is 6.61. The normalized spacial score (nSPS) is 10.6. The number of aromatic nitrogens is 1. The number of nitro benzene ring substituents is 1. The molecule has 148 valence electrons. The summed E-state index contributed by atoms with van der Waals surface area (Å²) in [5.41, 5.74) is 4.03. The predicted octanol–water partition coefficient (Wildman–Crippen LogP) is 5.95. The maximum Gasteiger partial charge on any atom is 0.269 e. The van der Waals surface area contributed by atoms with Gasteiger partial charge in [-0.1, -0.05) is 42.5 Å². The molecular weight excluding hydrogens is 398 g/mol. The number of rotatable bonds is 5. The van der Waals surface area contributed by atoms with E-state index in [9.17, 15) is 14.9 Å². The summed E-state index contributed by atoms with van der Waals surface area (Å²) in [4.78, 5) is 28.2. The highest BCUT2D eigenvalue weighted by atomic mass is 32.1. The van der Waals surface area contributed by atoms with E-state index in [0.717, 1.165) is 16.1 Å². The van der Waals surface area contributed by atoms with Gasteiger partial charge in [-0.05, 0) is 42.3 Å². The van der Waals surface area contributed by atoms with Crippen LogP contribution in [0.4, 0.5) is 11.4 Å². The molecular formula is C23H17N3O3S. The molecule has 0 saturated carbocycles. The van der Waals surface area contributed by atoms with Crippen molar-refractivity contribution < 1.29 is 9.72 Å². The number of amides is 1. The lowest BCUT2D eigenvalue weighted by molar-refractivity contribution is -0.384. The summed E-state index contributed by atoms with van der Waals surface area (Å²) < 4.78 is 0.